The van der Waals surface area contributed by atoms with Crippen molar-refractivity contribution < 1.29 is 14.4 Å². The van der Waals surface area contributed by atoms with Gasteiger partial charge in [0.1, 0.15) is 5.75 Å². The highest BCUT2D eigenvalue weighted by atomic mass is 32.1. The Balaban J connectivity index is 2.36. The Hall–Kier alpha value is -1.42. The molecule has 6 heteroatoms. The number of nitriles is 1. The molecule has 4 nitrogen and oxygen atoms in total. The summed E-state index contributed by atoms with van der Waals surface area (Å²) in [6, 6.07) is 6.76. The van der Waals surface area contributed by atoms with E-state index in [9.17, 15) is 5.11 Å². The maximum absolute atomic E-state index is 9.96. The van der Waals surface area contributed by atoms with Crippen molar-refractivity contribution in [1.82, 2.24) is 0 Å². The second-order valence-electron chi connectivity index (χ2n) is 6.35. The molecule has 0 atom stereocenters. The molecule has 1 heterocycles. The fourth-order valence-corrected chi connectivity index (χ4v) is 2.36. The summed E-state index contributed by atoms with van der Waals surface area (Å²) < 4.78 is 12.0. The lowest BCUT2D eigenvalue weighted by molar-refractivity contribution is 0.00578. The average molecular weight is 317 g/mol. The van der Waals surface area contributed by atoms with E-state index in [-0.39, 0.29) is 5.75 Å². The molecule has 1 aromatic carbocycles. The van der Waals surface area contributed by atoms with Crippen LogP contribution in [0.3, 0.4) is 0 Å². The largest absolute Gasteiger partial charge is 0.507 e. The number of phenols is 1. The van der Waals surface area contributed by atoms with Crippen LogP contribution in [0.5, 0.6) is 5.75 Å². The lowest BCUT2D eigenvalue weighted by atomic mass is 9.78. The van der Waals surface area contributed by atoms with E-state index in [1.807, 2.05) is 27.7 Å². The molecule has 1 fully saturated rings. The van der Waals surface area contributed by atoms with Crippen molar-refractivity contribution >= 4 is 25.8 Å². The van der Waals surface area contributed by atoms with Gasteiger partial charge in [-0.2, -0.15) is 17.9 Å². The van der Waals surface area contributed by atoms with Gasteiger partial charge in [-0.1, -0.05) is 6.08 Å². The van der Waals surface area contributed by atoms with Gasteiger partial charge in [0, 0.05) is 11.3 Å². The SMILES string of the molecule is CC1(C)OB(C(=Cc2cc(C#N)ccc2O)CS)OC1(C)C. The van der Waals surface area contributed by atoms with Crippen molar-refractivity contribution in [2.24, 2.45) is 0 Å². The molecule has 0 bridgehead atoms. The van der Waals surface area contributed by atoms with Crippen LogP contribution >= 0.6 is 12.6 Å². The van der Waals surface area contributed by atoms with E-state index in [4.69, 9.17) is 14.6 Å². The lowest BCUT2D eigenvalue weighted by Crippen LogP contribution is -2.41. The van der Waals surface area contributed by atoms with Crippen molar-refractivity contribution in [2.75, 3.05) is 5.75 Å². The van der Waals surface area contributed by atoms with Crippen LogP contribution in [0.2, 0.25) is 0 Å². The zero-order chi connectivity index (χ0) is 16.5. The molecule has 1 aromatic rings. The standard InChI is InChI=1S/C16H20BNO3S/c1-15(2)16(3,4)21-17(20-15)13(10-22)8-12-7-11(9-18)5-6-14(12)19/h5-8,19,22H,10H2,1-4H3. The van der Waals surface area contributed by atoms with Crippen LogP contribution < -0.4 is 0 Å². The fraction of sp³-hybridized carbons (Fsp3) is 0.438. The van der Waals surface area contributed by atoms with Crippen LogP contribution in [0.25, 0.3) is 6.08 Å². The van der Waals surface area contributed by atoms with E-state index in [2.05, 4.69) is 18.7 Å². The second kappa shape index (κ2) is 6.00. The Morgan fingerprint density at radius 1 is 1.32 bits per heavy atom. The molecule has 0 radical (unpaired) electrons. The van der Waals surface area contributed by atoms with E-state index in [1.165, 1.54) is 6.07 Å². The quantitative estimate of drug-likeness (QED) is 0.664. The number of benzene rings is 1. The van der Waals surface area contributed by atoms with Crippen LogP contribution in [0, 0.1) is 11.3 Å². The molecule has 0 aliphatic carbocycles. The summed E-state index contributed by atoms with van der Waals surface area (Å²) >= 11 is 4.34. The minimum absolute atomic E-state index is 0.106. The highest BCUT2D eigenvalue weighted by Crippen LogP contribution is 2.39. The number of hydrogen-bond donors (Lipinski definition) is 2. The number of nitrogens with zero attached hydrogens (tertiary/aromatic N) is 1. The van der Waals surface area contributed by atoms with Gasteiger partial charge in [-0.3, -0.25) is 0 Å². The lowest BCUT2D eigenvalue weighted by Gasteiger charge is -2.32. The van der Waals surface area contributed by atoms with Crippen LogP contribution in [0.1, 0.15) is 38.8 Å². The summed E-state index contributed by atoms with van der Waals surface area (Å²) in [5.74, 6) is 0.530. The Bertz CT molecular complexity index is 633. The zero-order valence-electron chi connectivity index (χ0n) is 13.3. The van der Waals surface area contributed by atoms with Crippen molar-refractivity contribution in [2.45, 2.75) is 38.9 Å². The molecule has 1 aliphatic heterocycles. The van der Waals surface area contributed by atoms with E-state index < -0.39 is 18.3 Å². The third-order valence-corrected chi connectivity index (χ3v) is 4.60. The summed E-state index contributed by atoms with van der Waals surface area (Å²) in [6.07, 6.45) is 1.77. The number of phenolic OH excluding ortho intramolecular Hbond substituents is 1. The maximum Gasteiger partial charge on any atom is 0.491 e. The molecule has 1 saturated heterocycles. The third kappa shape index (κ3) is 3.17. The Kier molecular flexibility index (Phi) is 4.62. The van der Waals surface area contributed by atoms with Crippen molar-refractivity contribution in [3.63, 3.8) is 0 Å². The Morgan fingerprint density at radius 3 is 2.41 bits per heavy atom. The van der Waals surface area contributed by atoms with E-state index in [0.717, 1.165) is 5.47 Å². The monoisotopic (exact) mass is 317 g/mol. The van der Waals surface area contributed by atoms with Crippen molar-refractivity contribution in [3.8, 4) is 11.8 Å². The number of aromatic hydroxyl groups is 1. The molecule has 0 spiro atoms. The molecule has 0 aromatic heterocycles. The van der Waals surface area contributed by atoms with Crippen molar-refractivity contribution in [3.05, 3.63) is 34.8 Å². The van der Waals surface area contributed by atoms with Gasteiger partial charge in [0.25, 0.3) is 0 Å². The minimum atomic E-state index is -0.521. The van der Waals surface area contributed by atoms with Gasteiger partial charge < -0.3 is 14.4 Å². The predicted molar refractivity (Wildman–Crippen MR) is 90.7 cm³/mol. The van der Waals surface area contributed by atoms with E-state index in [1.54, 1.807) is 18.2 Å². The van der Waals surface area contributed by atoms with Gasteiger partial charge in [-0.25, -0.2) is 0 Å². The summed E-state index contributed by atoms with van der Waals surface area (Å²) in [6.45, 7) is 7.93. The molecule has 22 heavy (non-hydrogen) atoms. The van der Waals surface area contributed by atoms with E-state index >= 15 is 0 Å². The smallest absolute Gasteiger partial charge is 0.491 e. The highest BCUT2D eigenvalue weighted by Gasteiger charge is 2.52. The topological polar surface area (TPSA) is 62.5 Å². The second-order valence-corrected chi connectivity index (χ2v) is 6.67. The molecule has 1 N–H and O–H groups in total. The minimum Gasteiger partial charge on any atom is -0.507 e. The fourth-order valence-electron chi connectivity index (χ4n) is 2.12. The van der Waals surface area contributed by atoms with Crippen molar-refractivity contribution in [1.29, 1.82) is 5.26 Å². The molecule has 116 valence electrons. The average Bonchev–Trinajstić information content (AvgIpc) is 2.66. The van der Waals surface area contributed by atoms with Crippen LogP contribution in [-0.4, -0.2) is 29.2 Å². The normalized spacial score (nSPS) is 20.0. The third-order valence-electron chi connectivity index (χ3n) is 4.24. The van der Waals surface area contributed by atoms with Crippen LogP contribution in [0.4, 0.5) is 0 Å². The molecule has 2 rings (SSSR count). The van der Waals surface area contributed by atoms with Crippen LogP contribution in [0.15, 0.2) is 23.7 Å². The number of rotatable bonds is 3. The summed E-state index contributed by atoms with van der Waals surface area (Å²) in [5.41, 5.74) is 0.966. The first-order chi connectivity index (χ1) is 10.2. The number of thiol groups is 1. The molecule has 0 saturated carbocycles. The van der Waals surface area contributed by atoms with Gasteiger partial charge in [0.2, 0.25) is 0 Å². The Labute approximate surface area is 137 Å². The van der Waals surface area contributed by atoms with Gasteiger partial charge >= 0.3 is 7.12 Å². The van der Waals surface area contributed by atoms with E-state index in [0.29, 0.717) is 16.9 Å². The highest BCUT2D eigenvalue weighted by molar-refractivity contribution is 7.80. The molecular formula is C16H20BNO3S. The zero-order valence-corrected chi connectivity index (χ0v) is 14.1. The van der Waals surface area contributed by atoms with Gasteiger partial charge in [-0.05, 0) is 51.4 Å². The molecule has 1 aliphatic rings. The first-order valence-electron chi connectivity index (χ1n) is 7.10. The summed E-state index contributed by atoms with van der Waals surface area (Å²) in [4.78, 5) is 0. The molecule has 0 amide bonds. The summed E-state index contributed by atoms with van der Waals surface area (Å²) in [7, 11) is -0.521. The Morgan fingerprint density at radius 2 is 1.91 bits per heavy atom. The summed E-state index contributed by atoms with van der Waals surface area (Å²) in [5, 5.41) is 18.9. The number of hydrogen-bond acceptors (Lipinski definition) is 5. The first kappa shape index (κ1) is 16.9. The maximum atomic E-state index is 9.96. The van der Waals surface area contributed by atoms with Gasteiger partial charge in [0.15, 0.2) is 0 Å². The van der Waals surface area contributed by atoms with Gasteiger partial charge in [0.05, 0.1) is 22.8 Å². The first-order valence-corrected chi connectivity index (χ1v) is 7.73. The van der Waals surface area contributed by atoms with Crippen LogP contribution in [-0.2, 0) is 9.31 Å². The van der Waals surface area contributed by atoms with Gasteiger partial charge in [-0.15, -0.1) is 0 Å². The predicted octanol–water partition coefficient (Wildman–Crippen LogP) is 3.21. The molecule has 0 unspecified atom stereocenters. The molecular weight excluding hydrogens is 297 g/mol.